The van der Waals surface area contributed by atoms with Gasteiger partial charge in [0.2, 0.25) is 0 Å². The molecule has 0 aliphatic heterocycles. The van der Waals surface area contributed by atoms with Crippen LogP contribution in [0.25, 0.3) is 71.6 Å². The predicted octanol–water partition coefficient (Wildman–Crippen LogP) is 10.3. The number of imidazole rings is 1. The Morgan fingerprint density at radius 2 is 1.24 bits per heavy atom. The second-order valence-corrected chi connectivity index (χ2v) is 10.4. The number of hydrogen-bond donors (Lipinski definition) is 0. The summed E-state index contributed by atoms with van der Waals surface area (Å²) in [6.07, 6.45) is -4.44. The van der Waals surface area contributed by atoms with Crippen LogP contribution in [0, 0.1) is 0 Å². The fraction of sp³-hybridized carbons (Fsp3) is 0.0278. The Morgan fingerprint density at radius 1 is 0.561 bits per heavy atom. The highest BCUT2D eigenvalue weighted by atomic mass is 19.4. The van der Waals surface area contributed by atoms with E-state index in [4.69, 9.17) is 0 Å². The van der Waals surface area contributed by atoms with Crippen molar-refractivity contribution in [2.24, 2.45) is 0 Å². The van der Waals surface area contributed by atoms with Gasteiger partial charge in [0.15, 0.2) is 0 Å². The molecule has 0 unspecified atom stereocenters. The van der Waals surface area contributed by atoms with Gasteiger partial charge >= 0.3 is 6.18 Å². The monoisotopic (exact) mass is 538 g/mol. The highest BCUT2D eigenvalue weighted by molar-refractivity contribution is 6.25. The van der Waals surface area contributed by atoms with Gasteiger partial charge in [0, 0.05) is 11.3 Å². The molecule has 0 atom stereocenters. The number of aromatic nitrogens is 2. The zero-order valence-corrected chi connectivity index (χ0v) is 21.7. The van der Waals surface area contributed by atoms with E-state index in [1.165, 1.54) is 38.4 Å². The third-order valence-corrected chi connectivity index (χ3v) is 7.98. The molecule has 196 valence electrons. The normalized spacial score (nSPS) is 12.3. The van der Waals surface area contributed by atoms with Gasteiger partial charge in [0.25, 0.3) is 0 Å². The molecule has 0 N–H and O–H groups in total. The summed E-state index contributed by atoms with van der Waals surface area (Å²) < 4.78 is 42.4. The number of rotatable bonds is 3. The van der Waals surface area contributed by atoms with Crippen molar-refractivity contribution < 1.29 is 13.2 Å². The fourth-order valence-electron chi connectivity index (χ4n) is 6.08. The predicted molar refractivity (Wildman–Crippen MR) is 161 cm³/mol. The van der Waals surface area contributed by atoms with Gasteiger partial charge in [-0.3, -0.25) is 4.57 Å². The summed E-state index contributed by atoms with van der Waals surface area (Å²) in [5.74, 6) is 0.593. The lowest BCUT2D eigenvalue weighted by Crippen LogP contribution is -2.04. The molecule has 0 aliphatic rings. The lowest BCUT2D eigenvalue weighted by atomic mass is 9.90. The molecule has 0 spiro atoms. The molecule has 0 amide bonds. The number of hydrogen-bond acceptors (Lipinski definition) is 1. The second-order valence-electron chi connectivity index (χ2n) is 10.4. The number of alkyl halides is 3. The first-order valence-corrected chi connectivity index (χ1v) is 13.4. The molecule has 0 aliphatic carbocycles. The molecule has 8 aromatic rings. The maximum atomic E-state index is 13.5. The van der Waals surface area contributed by atoms with E-state index >= 15 is 0 Å². The number of nitrogens with zero attached hydrogens (tertiary/aromatic N) is 2. The molecule has 7 aromatic carbocycles. The van der Waals surface area contributed by atoms with Gasteiger partial charge in [0.05, 0.1) is 16.6 Å². The Bertz CT molecular complexity index is 2210. The zero-order valence-electron chi connectivity index (χ0n) is 21.7. The van der Waals surface area contributed by atoms with Crippen LogP contribution in [-0.2, 0) is 6.18 Å². The van der Waals surface area contributed by atoms with Crippen molar-refractivity contribution in [2.45, 2.75) is 6.18 Å². The summed E-state index contributed by atoms with van der Waals surface area (Å²) in [5, 5.41) is 7.38. The summed E-state index contributed by atoms with van der Waals surface area (Å²) >= 11 is 0. The first-order valence-electron chi connectivity index (χ1n) is 13.4. The van der Waals surface area contributed by atoms with Gasteiger partial charge in [-0.05, 0) is 73.8 Å². The molecule has 2 nitrogen and oxygen atoms in total. The van der Waals surface area contributed by atoms with Gasteiger partial charge in [-0.25, -0.2) is 4.98 Å². The maximum Gasteiger partial charge on any atom is 0.416 e. The van der Waals surface area contributed by atoms with Crippen molar-refractivity contribution in [3.8, 4) is 28.2 Å². The summed E-state index contributed by atoms with van der Waals surface area (Å²) in [7, 11) is 0. The van der Waals surface area contributed by atoms with Crippen molar-refractivity contribution in [1.29, 1.82) is 0 Å². The van der Waals surface area contributed by atoms with E-state index < -0.39 is 11.7 Å². The molecule has 0 saturated carbocycles. The zero-order chi connectivity index (χ0) is 27.7. The van der Waals surface area contributed by atoms with Gasteiger partial charge in [-0.1, -0.05) is 97.1 Å². The summed E-state index contributed by atoms with van der Waals surface area (Å²) in [5.41, 5.74) is 4.06. The third-order valence-electron chi connectivity index (χ3n) is 7.98. The minimum atomic E-state index is -4.44. The van der Waals surface area contributed by atoms with E-state index in [9.17, 15) is 13.2 Å². The third kappa shape index (κ3) is 3.70. The van der Waals surface area contributed by atoms with Gasteiger partial charge in [0.1, 0.15) is 5.82 Å². The summed E-state index contributed by atoms with van der Waals surface area (Å²) in [6.45, 7) is 0. The number of benzene rings is 7. The SMILES string of the molecule is FC(F)(F)c1ccc2c(c1)nc(-c1ccccc1)n2-c1ccc(-c2ccc3ccc4cccc5ccc2c3c45)cc1. The maximum absolute atomic E-state index is 13.5. The van der Waals surface area contributed by atoms with E-state index in [2.05, 4.69) is 71.7 Å². The first kappa shape index (κ1) is 23.7. The topological polar surface area (TPSA) is 17.8 Å². The van der Waals surface area contributed by atoms with E-state index in [-0.39, 0.29) is 0 Å². The summed E-state index contributed by atoms with van der Waals surface area (Å²) in [6, 6.07) is 40.9. The first-order chi connectivity index (χ1) is 20.0. The van der Waals surface area contributed by atoms with E-state index in [0.717, 1.165) is 34.5 Å². The fourth-order valence-corrected chi connectivity index (χ4v) is 6.08. The number of fused-ring (bicyclic) bond motifs is 1. The molecule has 1 aromatic heterocycles. The summed E-state index contributed by atoms with van der Waals surface area (Å²) in [4.78, 5) is 4.66. The Kier molecular flexibility index (Phi) is 5.01. The number of halogens is 3. The standard InChI is InChI=1S/C36H21F3N2/c37-36(38,39)27-15-20-32-31(21-27)40-35(26-5-2-1-3-6-26)41(32)28-16-11-22(12-17-28)29-18-13-25-10-9-23-7-4-8-24-14-19-30(29)34(25)33(23)24/h1-21H. The molecule has 8 rings (SSSR count). The minimum absolute atomic E-state index is 0.300. The highest BCUT2D eigenvalue weighted by Gasteiger charge is 2.31. The van der Waals surface area contributed by atoms with E-state index in [0.29, 0.717) is 16.9 Å². The largest absolute Gasteiger partial charge is 0.416 e. The van der Waals surface area contributed by atoms with Crippen molar-refractivity contribution in [1.82, 2.24) is 9.55 Å². The Balaban J connectivity index is 1.30. The van der Waals surface area contributed by atoms with Crippen molar-refractivity contribution in [2.75, 3.05) is 0 Å². The van der Waals surface area contributed by atoms with Crippen molar-refractivity contribution >= 4 is 43.4 Å². The van der Waals surface area contributed by atoms with Crippen LogP contribution in [0.1, 0.15) is 5.56 Å². The van der Waals surface area contributed by atoms with Crippen LogP contribution in [-0.4, -0.2) is 9.55 Å². The molecular weight excluding hydrogens is 517 g/mol. The lowest BCUT2D eigenvalue weighted by molar-refractivity contribution is -0.137. The molecule has 5 heteroatoms. The average Bonchev–Trinajstić information content (AvgIpc) is 3.39. The van der Waals surface area contributed by atoms with Crippen LogP contribution in [0.2, 0.25) is 0 Å². The molecule has 0 saturated heterocycles. The molecule has 0 bridgehead atoms. The Hall–Kier alpha value is -5.16. The van der Waals surface area contributed by atoms with Crippen LogP contribution in [0.5, 0.6) is 0 Å². The smallest absolute Gasteiger partial charge is 0.292 e. The lowest BCUT2D eigenvalue weighted by Gasteiger charge is -2.15. The molecule has 1 heterocycles. The van der Waals surface area contributed by atoms with Crippen LogP contribution < -0.4 is 0 Å². The minimum Gasteiger partial charge on any atom is -0.292 e. The van der Waals surface area contributed by atoms with Gasteiger partial charge < -0.3 is 0 Å². The van der Waals surface area contributed by atoms with Gasteiger partial charge in [-0.2, -0.15) is 13.2 Å². The second kappa shape index (κ2) is 8.67. The van der Waals surface area contributed by atoms with Crippen LogP contribution >= 0.6 is 0 Å². The highest BCUT2D eigenvalue weighted by Crippen LogP contribution is 2.40. The van der Waals surface area contributed by atoms with Crippen LogP contribution in [0.4, 0.5) is 13.2 Å². The van der Waals surface area contributed by atoms with E-state index in [1.807, 2.05) is 47.0 Å². The van der Waals surface area contributed by atoms with Crippen LogP contribution in [0.15, 0.2) is 127 Å². The van der Waals surface area contributed by atoms with Crippen LogP contribution in [0.3, 0.4) is 0 Å². The Morgan fingerprint density at radius 3 is 1.98 bits per heavy atom. The van der Waals surface area contributed by atoms with E-state index in [1.54, 1.807) is 0 Å². The van der Waals surface area contributed by atoms with Crippen molar-refractivity contribution in [3.63, 3.8) is 0 Å². The average molecular weight is 539 g/mol. The molecule has 41 heavy (non-hydrogen) atoms. The van der Waals surface area contributed by atoms with Crippen molar-refractivity contribution in [3.05, 3.63) is 133 Å². The van der Waals surface area contributed by atoms with Gasteiger partial charge in [-0.15, -0.1) is 0 Å². The molecule has 0 fully saturated rings. The Labute approximate surface area is 233 Å². The molecular formula is C36H21F3N2. The quantitative estimate of drug-likeness (QED) is 0.205. The molecule has 0 radical (unpaired) electrons.